The number of esters is 1. The fourth-order valence-corrected chi connectivity index (χ4v) is 12.3. The molecule has 9 aromatic rings. The second-order valence-corrected chi connectivity index (χ2v) is 24.0. The van der Waals surface area contributed by atoms with E-state index in [0.717, 1.165) is 50.7 Å². The first kappa shape index (κ1) is 67.9. The molecular weight excluding hydrogens is 1230 g/mol. The molecule has 1 saturated carbocycles. The van der Waals surface area contributed by atoms with Gasteiger partial charge in [-0.05, 0) is 97.0 Å². The van der Waals surface area contributed by atoms with Gasteiger partial charge in [-0.25, -0.2) is 9.59 Å². The lowest BCUT2D eigenvalue weighted by atomic mass is 9.81. The molecule has 1 fully saturated rings. The molecule has 4 heterocycles. The van der Waals surface area contributed by atoms with Crippen molar-refractivity contribution in [3.05, 3.63) is 180 Å². The quantitative estimate of drug-likeness (QED) is 0.0227. The SMILES string of the molecule is COC(=O)[C@@H](NC(=O)[C@@H](NC(=O)CC[C@H]1CCC[C@@H](NC(=O)[C@@H](NC(=O)[C@@H](NC(=O)OCc2ccccc2)C(=O)[C@@H](N)Cc2c[nH]c3ccccc23)C(=O)[C@@H](N)Cc2c[nH]c3ccccc23)C1=O)C(=O)[C@@H](N)Cc1c[nH]c2ccccc12)C(=O)[C@@H](N)Cc1c[nH]c2ccccc12. The molecule has 0 bridgehead atoms. The zero-order chi connectivity index (χ0) is 68.2. The van der Waals surface area contributed by atoms with E-state index in [1.54, 1.807) is 104 Å². The molecule has 17 N–H and O–H groups in total. The fourth-order valence-electron chi connectivity index (χ4n) is 12.3. The van der Waals surface area contributed by atoms with Crippen LogP contribution in [0.2, 0.25) is 0 Å². The average molecular weight is 1310 g/mol. The normalized spacial score (nSPS) is 16.4. The van der Waals surface area contributed by atoms with E-state index in [-0.39, 0.29) is 51.6 Å². The molecule has 96 heavy (non-hydrogen) atoms. The number of aromatic nitrogens is 4. The molecular formula is C70H75N13O13. The highest BCUT2D eigenvalue weighted by Gasteiger charge is 2.43. The van der Waals surface area contributed by atoms with Crippen molar-refractivity contribution in [3.63, 3.8) is 0 Å². The smallest absolute Gasteiger partial charge is 0.408 e. The Bertz CT molecular complexity index is 4380. The molecule has 26 nitrogen and oxygen atoms in total. The van der Waals surface area contributed by atoms with Crippen LogP contribution in [0, 0.1) is 5.92 Å². The summed E-state index contributed by atoms with van der Waals surface area (Å²) in [6.07, 6.45) is 4.81. The summed E-state index contributed by atoms with van der Waals surface area (Å²) < 4.78 is 10.3. The maximum absolute atomic E-state index is 14.8. The van der Waals surface area contributed by atoms with Crippen LogP contribution in [-0.4, -0.2) is 146 Å². The average Bonchev–Trinajstić information content (AvgIpc) is 1.82. The van der Waals surface area contributed by atoms with Crippen molar-refractivity contribution in [2.24, 2.45) is 28.9 Å². The minimum atomic E-state index is -2.19. The topological polar surface area (TPSA) is 434 Å². The minimum absolute atomic E-state index is 0.0404. The molecule has 10 atom stereocenters. The molecule has 26 heteroatoms. The number of nitrogens with two attached hydrogens (primary N) is 4. The largest absolute Gasteiger partial charge is 0.467 e. The van der Waals surface area contributed by atoms with Gasteiger partial charge in [-0.2, -0.15) is 0 Å². The zero-order valence-corrected chi connectivity index (χ0v) is 52.4. The van der Waals surface area contributed by atoms with E-state index in [9.17, 15) is 52.7 Å². The van der Waals surface area contributed by atoms with Crippen LogP contribution in [0.5, 0.6) is 0 Å². The van der Waals surface area contributed by atoms with Crippen LogP contribution in [-0.2, 0) is 89.7 Å². The summed E-state index contributed by atoms with van der Waals surface area (Å²) >= 11 is 0. The number of carbonyl (C=O) groups excluding carboxylic acids is 11. The van der Waals surface area contributed by atoms with E-state index >= 15 is 0 Å². The first-order valence-corrected chi connectivity index (χ1v) is 31.4. The summed E-state index contributed by atoms with van der Waals surface area (Å²) in [4.78, 5) is 170. The van der Waals surface area contributed by atoms with Crippen molar-refractivity contribution in [3.8, 4) is 0 Å². The highest BCUT2D eigenvalue weighted by Crippen LogP contribution is 2.27. The van der Waals surface area contributed by atoms with Gasteiger partial charge in [-0.3, -0.25) is 43.2 Å². The fraction of sp³-hybridized carbons (Fsp3) is 0.300. The number of hydrogen-bond donors (Lipinski definition) is 13. The number of hydrogen-bond acceptors (Lipinski definition) is 17. The number of nitrogens with one attached hydrogen (secondary N) is 9. The van der Waals surface area contributed by atoms with Gasteiger partial charge in [0.1, 0.15) is 6.61 Å². The molecule has 0 saturated heterocycles. The van der Waals surface area contributed by atoms with Crippen molar-refractivity contribution in [1.82, 2.24) is 46.5 Å². The minimum Gasteiger partial charge on any atom is -0.467 e. The van der Waals surface area contributed by atoms with Gasteiger partial charge >= 0.3 is 12.1 Å². The third-order valence-electron chi connectivity index (χ3n) is 17.5. The third kappa shape index (κ3) is 16.0. The standard InChI is InChI=1S/C70H75N13O13/c1-95-69(93)60(65(89)50(74)31-42-35-78-54-24-12-8-20-46(42)54)82-67(91)57(62(86)47(71)28-39-32-75-51-21-9-5-17-43(39)51)80-56(84)27-26-38-16-13-25-55(61(38)85)79-66(90)58(63(87)48(72)29-40-33-76-52-22-10-6-18-44(40)52)81-68(92)59(83-70(94)96-36-37-14-3-2-4-15-37)64(88)49(73)30-41-34-77-53-23-11-7-19-45(41)53/h2-12,14-15,17-24,32-35,38,47-50,55,57-60,75-78H,13,16,25-31,36,71-74H2,1H3,(H,79,90)(H,80,84)(H,81,92)(H,82,91)(H,83,94)/t38-,47+,48+,49+,50+,55-,57+,58+,59+,60+/m1/s1. The van der Waals surface area contributed by atoms with Gasteiger partial charge in [0, 0.05) is 80.7 Å². The molecule has 5 aromatic carbocycles. The summed E-state index contributed by atoms with van der Waals surface area (Å²) in [5.74, 6) is -11.5. The van der Waals surface area contributed by atoms with Crippen LogP contribution < -0.4 is 49.5 Å². The highest BCUT2D eigenvalue weighted by molar-refractivity contribution is 6.16. The van der Waals surface area contributed by atoms with E-state index in [0.29, 0.717) is 34.2 Å². The maximum Gasteiger partial charge on any atom is 0.408 e. The summed E-state index contributed by atoms with van der Waals surface area (Å²) in [5.41, 5.74) is 32.1. The molecule has 498 valence electrons. The number of amides is 5. The Hall–Kier alpha value is -10.9. The number of aromatic amines is 4. The number of methoxy groups -OCH3 is 1. The lowest BCUT2D eigenvalue weighted by Gasteiger charge is -2.30. The number of benzene rings is 5. The molecule has 0 unspecified atom stereocenters. The lowest BCUT2D eigenvalue weighted by molar-refractivity contribution is -0.150. The predicted molar refractivity (Wildman–Crippen MR) is 355 cm³/mol. The highest BCUT2D eigenvalue weighted by atomic mass is 16.5. The Labute approximate surface area is 549 Å². The maximum atomic E-state index is 14.8. The molecule has 0 spiro atoms. The predicted octanol–water partition coefficient (Wildman–Crippen LogP) is 3.02. The van der Waals surface area contributed by atoms with Crippen molar-refractivity contribution in [1.29, 1.82) is 0 Å². The number of H-pyrrole nitrogens is 4. The Kier molecular flexibility index (Phi) is 21.9. The van der Waals surface area contributed by atoms with Crippen LogP contribution in [0.3, 0.4) is 0 Å². The van der Waals surface area contributed by atoms with E-state index in [4.69, 9.17) is 32.4 Å². The third-order valence-corrected chi connectivity index (χ3v) is 17.5. The van der Waals surface area contributed by atoms with Gasteiger partial charge in [-0.15, -0.1) is 0 Å². The molecule has 4 aromatic heterocycles. The van der Waals surface area contributed by atoms with Crippen LogP contribution in [0.15, 0.2) is 152 Å². The van der Waals surface area contributed by atoms with E-state index in [1.165, 1.54) is 0 Å². The van der Waals surface area contributed by atoms with Crippen molar-refractivity contribution in [2.75, 3.05) is 7.11 Å². The molecule has 5 amide bonds. The molecule has 1 aliphatic carbocycles. The lowest BCUT2D eigenvalue weighted by Crippen LogP contribution is -2.63. The Balaban J connectivity index is 0.853. The van der Waals surface area contributed by atoms with Crippen LogP contribution in [0.25, 0.3) is 43.6 Å². The number of Topliss-reactive ketones (excluding diaryl/α,β-unsaturated/α-hetero) is 5. The van der Waals surface area contributed by atoms with Gasteiger partial charge in [0.15, 0.2) is 53.1 Å². The van der Waals surface area contributed by atoms with Gasteiger partial charge in [0.05, 0.1) is 37.3 Å². The van der Waals surface area contributed by atoms with Crippen molar-refractivity contribution in [2.45, 2.75) is 119 Å². The molecule has 10 rings (SSSR count). The van der Waals surface area contributed by atoms with Crippen LogP contribution in [0.4, 0.5) is 4.79 Å². The summed E-state index contributed by atoms with van der Waals surface area (Å²) in [7, 11) is 0.988. The molecule has 0 aliphatic heterocycles. The summed E-state index contributed by atoms with van der Waals surface area (Å²) in [6.45, 7) is -0.268. The number of fused-ring (bicyclic) bond motifs is 4. The van der Waals surface area contributed by atoms with Crippen LogP contribution in [0.1, 0.15) is 59.9 Å². The number of ether oxygens (including phenoxy) is 2. The Morgan fingerprint density at radius 3 is 1.27 bits per heavy atom. The first-order chi connectivity index (χ1) is 46.3. The summed E-state index contributed by atoms with van der Waals surface area (Å²) in [5, 5.41) is 14.9. The van der Waals surface area contributed by atoms with Gasteiger partial charge in [0.2, 0.25) is 5.91 Å². The number of rotatable bonds is 30. The Morgan fingerprint density at radius 2 is 0.844 bits per heavy atom. The second-order valence-electron chi connectivity index (χ2n) is 24.0. The zero-order valence-electron chi connectivity index (χ0n) is 52.4. The molecule has 1 aliphatic rings. The van der Waals surface area contributed by atoms with E-state index < -0.39 is 131 Å². The number of ketones is 5. The number of para-hydroxylation sites is 4. The van der Waals surface area contributed by atoms with Gasteiger partial charge in [-0.1, -0.05) is 110 Å². The monoisotopic (exact) mass is 1310 g/mol. The Morgan fingerprint density at radius 1 is 0.469 bits per heavy atom. The van der Waals surface area contributed by atoms with Crippen LogP contribution >= 0.6 is 0 Å². The van der Waals surface area contributed by atoms with Gasteiger partial charge in [0.25, 0.3) is 17.7 Å². The van der Waals surface area contributed by atoms with Crippen molar-refractivity contribution < 1.29 is 62.2 Å². The molecule has 0 radical (unpaired) electrons. The van der Waals surface area contributed by atoms with E-state index in [1.807, 2.05) is 48.5 Å². The van der Waals surface area contributed by atoms with E-state index in [2.05, 4.69) is 46.5 Å². The summed E-state index contributed by atoms with van der Waals surface area (Å²) in [6, 6.07) is 21.9. The second kappa shape index (κ2) is 30.9. The first-order valence-electron chi connectivity index (χ1n) is 31.4. The van der Waals surface area contributed by atoms with Crippen molar-refractivity contribution >= 4 is 108 Å². The van der Waals surface area contributed by atoms with Gasteiger partial charge < -0.3 is 78.9 Å². The number of alkyl carbamates (subject to hydrolysis) is 1. The number of carbonyl (C=O) groups is 11.